The Morgan fingerprint density at radius 3 is 2.67 bits per heavy atom. The molecule has 0 aromatic heterocycles. The number of nitrogens with zero attached hydrogens (tertiary/aromatic N) is 1. The summed E-state index contributed by atoms with van der Waals surface area (Å²) in [4.78, 5) is 33.6. The number of halogens is 2. The third kappa shape index (κ3) is 5.48. The molecule has 3 aromatic rings. The second-order valence-corrected chi connectivity index (χ2v) is 10.3. The molecule has 5 rings (SSSR count). The van der Waals surface area contributed by atoms with Gasteiger partial charge >= 0.3 is 0 Å². The van der Waals surface area contributed by atoms with Gasteiger partial charge in [-0.2, -0.15) is 0 Å². The number of anilines is 2. The van der Waals surface area contributed by atoms with Crippen LogP contribution in [0.1, 0.15) is 45.5 Å². The van der Waals surface area contributed by atoms with E-state index in [-0.39, 0.29) is 21.9 Å². The van der Waals surface area contributed by atoms with Crippen LogP contribution >= 0.6 is 11.6 Å². The molecule has 202 valence electrons. The molecule has 9 heteroatoms. The molecular formula is C30H29ClFN3O4. The minimum absolute atomic E-state index is 0.00112. The Balaban J connectivity index is 1.41. The SMILES string of the molecule is CONC1=C[C@@]2(CC1)CCN(C(=O)c1ccc(NC(=O)c3cc(F)ccc3Cl)c(OC)c1)c1ccccc1C2. The van der Waals surface area contributed by atoms with E-state index in [9.17, 15) is 14.0 Å². The van der Waals surface area contributed by atoms with E-state index in [0.29, 0.717) is 23.5 Å². The third-order valence-corrected chi connectivity index (χ3v) is 7.71. The highest BCUT2D eigenvalue weighted by molar-refractivity contribution is 6.34. The zero-order valence-electron chi connectivity index (χ0n) is 21.7. The van der Waals surface area contributed by atoms with Crippen molar-refractivity contribution in [3.8, 4) is 5.75 Å². The average Bonchev–Trinajstić information content (AvgIpc) is 3.25. The Hall–Kier alpha value is -3.88. The Morgan fingerprint density at radius 1 is 1.05 bits per heavy atom. The lowest BCUT2D eigenvalue weighted by molar-refractivity contribution is 0.0984. The maximum absolute atomic E-state index is 13.9. The predicted octanol–water partition coefficient (Wildman–Crippen LogP) is 6.15. The van der Waals surface area contributed by atoms with Crippen LogP contribution in [-0.2, 0) is 11.3 Å². The van der Waals surface area contributed by atoms with E-state index in [2.05, 4.69) is 22.9 Å². The van der Waals surface area contributed by atoms with Crippen LogP contribution in [0.5, 0.6) is 5.75 Å². The van der Waals surface area contributed by atoms with Crippen molar-refractivity contribution in [1.29, 1.82) is 0 Å². The van der Waals surface area contributed by atoms with Crippen LogP contribution in [0.15, 0.2) is 72.4 Å². The summed E-state index contributed by atoms with van der Waals surface area (Å²) in [6.45, 7) is 0.547. The number of rotatable bonds is 6. The quantitative estimate of drug-likeness (QED) is 0.361. The van der Waals surface area contributed by atoms with Crippen LogP contribution in [0.25, 0.3) is 0 Å². The van der Waals surface area contributed by atoms with Crippen molar-refractivity contribution in [1.82, 2.24) is 5.48 Å². The number of nitrogens with one attached hydrogen (secondary N) is 2. The fourth-order valence-corrected chi connectivity index (χ4v) is 5.65. The molecule has 0 saturated carbocycles. The van der Waals surface area contributed by atoms with E-state index >= 15 is 0 Å². The molecule has 2 amide bonds. The average molecular weight is 550 g/mol. The first-order valence-corrected chi connectivity index (χ1v) is 13.1. The number of hydrogen-bond acceptors (Lipinski definition) is 5. The van der Waals surface area contributed by atoms with Crippen molar-refractivity contribution >= 4 is 34.8 Å². The van der Waals surface area contributed by atoms with Crippen molar-refractivity contribution in [3.05, 3.63) is 100.0 Å². The fraction of sp³-hybridized carbons (Fsp3) is 0.267. The molecule has 1 aliphatic carbocycles. The first-order chi connectivity index (χ1) is 18.8. The van der Waals surface area contributed by atoms with Crippen molar-refractivity contribution in [3.63, 3.8) is 0 Å². The molecular weight excluding hydrogens is 521 g/mol. The van der Waals surface area contributed by atoms with Crippen LogP contribution in [0.4, 0.5) is 15.8 Å². The number of hydrogen-bond donors (Lipinski definition) is 2. The number of carbonyl (C=O) groups excluding carboxylic acids is 2. The van der Waals surface area contributed by atoms with Gasteiger partial charge in [0.15, 0.2) is 0 Å². The summed E-state index contributed by atoms with van der Waals surface area (Å²) in [5, 5.41) is 2.83. The number of carbonyl (C=O) groups is 2. The number of amides is 2. The van der Waals surface area contributed by atoms with Gasteiger partial charge in [0.2, 0.25) is 0 Å². The molecule has 0 fully saturated rings. The Labute approximate surface area is 231 Å². The number of allylic oxidation sites excluding steroid dienone is 2. The summed E-state index contributed by atoms with van der Waals surface area (Å²) in [6.07, 6.45) is 5.77. The van der Waals surface area contributed by atoms with Gasteiger partial charge in [0.25, 0.3) is 11.8 Å². The van der Waals surface area contributed by atoms with Gasteiger partial charge < -0.3 is 15.0 Å². The maximum atomic E-state index is 13.9. The summed E-state index contributed by atoms with van der Waals surface area (Å²) in [7, 11) is 3.06. The molecule has 1 aliphatic heterocycles. The van der Waals surface area contributed by atoms with E-state index in [0.717, 1.165) is 48.7 Å². The van der Waals surface area contributed by atoms with Crippen molar-refractivity contribution in [2.75, 3.05) is 31.0 Å². The van der Waals surface area contributed by atoms with Gasteiger partial charge in [-0.15, -0.1) is 0 Å². The molecule has 0 bridgehead atoms. The molecule has 0 radical (unpaired) electrons. The van der Waals surface area contributed by atoms with E-state index in [1.807, 2.05) is 23.1 Å². The van der Waals surface area contributed by atoms with E-state index in [4.69, 9.17) is 21.2 Å². The number of benzene rings is 3. The van der Waals surface area contributed by atoms with Gasteiger partial charge in [-0.05, 0) is 79.1 Å². The highest BCUT2D eigenvalue weighted by atomic mass is 35.5. The minimum Gasteiger partial charge on any atom is -0.495 e. The molecule has 1 spiro atoms. The maximum Gasteiger partial charge on any atom is 0.258 e. The molecule has 1 heterocycles. The van der Waals surface area contributed by atoms with E-state index < -0.39 is 11.7 Å². The van der Waals surface area contributed by atoms with Crippen LogP contribution in [0.3, 0.4) is 0 Å². The van der Waals surface area contributed by atoms with Crippen molar-refractivity contribution < 1.29 is 23.6 Å². The molecule has 3 aromatic carbocycles. The summed E-state index contributed by atoms with van der Waals surface area (Å²) < 4.78 is 19.2. The topological polar surface area (TPSA) is 79.9 Å². The minimum atomic E-state index is -0.587. The third-order valence-electron chi connectivity index (χ3n) is 7.38. The highest BCUT2D eigenvalue weighted by Crippen LogP contribution is 2.45. The van der Waals surface area contributed by atoms with Gasteiger partial charge in [0, 0.05) is 23.5 Å². The Kier molecular flexibility index (Phi) is 7.59. The molecule has 7 nitrogen and oxygen atoms in total. The number of para-hydroxylation sites is 1. The number of fused-ring (bicyclic) bond motifs is 1. The number of methoxy groups -OCH3 is 1. The molecule has 2 aliphatic rings. The van der Waals surface area contributed by atoms with Gasteiger partial charge in [0.1, 0.15) is 11.6 Å². The normalized spacial score (nSPS) is 18.3. The van der Waals surface area contributed by atoms with Crippen molar-refractivity contribution in [2.45, 2.75) is 25.7 Å². The van der Waals surface area contributed by atoms with E-state index in [1.54, 1.807) is 25.3 Å². The summed E-state index contributed by atoms with van der Waals surface area (Å²) in [5.41, 5.74) is 6.74. The second kappa shape index (κ2) is 11.1. The second-order valence-electron chi connectivity index (χ2n) is 9.84. The summed E-state index contributed by atoms with van der Waals surface area (Å²) in [5.74, 6) is -1.02. The first-order valence-electron chi connectivity index (χ1n) is 12.7. The fourth-order valence-electron chi connectivity index (χ4n) is 5.45. The number of ether oxygens (including phenoxy) is 1. The van der Waals surface area contributed by atoms with Gasteiger partial charge in [0.05, 0.1) is 30.5 Å². The molecule has 0 saturated heterocycles. The van der Waals surface area contributed by atoms with Crippen LogP contribution in [-0.4, -0.2) is 32.6 Å². The van der Waals surface area contributed by atoms with E-state index in [1.165, 1.54) is 19.2 Å². The first kappa shape index (κ1) is 26.7. The van der Waals surface area contributed by atoms with Crippen LogP contribution in [0, 0.1) is 11.2 Å². The molecule has 1 atom stereocenters. The largest absolute Gasteiger partial charge is 0.495 e. The molecule has 39 heavy (non-hydrogen) atoms. The van der Waals surface area contributed by atoms with Crippen LogP contribution < -0.4 is 20.4 Å². The van der Waals surface area contributed by atoms with Crippen LogP contribution in [0.2, 0.25) is 5.02 Å². The highest BCUT2D eigenvalue weighted by Gasteiger charge is 2.38. The zero-order valence-corrected chi connectivity index (χ0v) is 22.5. The van der Waals surface area contributed by atoms with Crippen molar-refractivity contribution in [2.24, 2.45) is 5.41 Å². The lowest BCUT2D eigenvalue weighted by Gasteiger charge is -2.26. The lowest BCUT2D eigenvalue weighted by Crippen LogP contribution is -2.33. The standard InChI is InChI=1S/C30H29ClFN3O4/c1-38-27-15-19(7-10-25(27)33-28(36)23-16-21(32)8-9-24(23)31)29(37)35-14-13-30(12-11-22(18-30)34-39-2)17-20-5-3-4-6-26(20)35/h3-10,15-16,18,34H,11-14,17H2,1-2H3,(H,33,36)/t30-/m0/s1. The lowest BCUT2D eigenvalue weighted by atomic mass is 9.79. The van der Waals surface area contributed by atoms with Gasteiger partial charge in [-0.3, -0.25) is 19.9 Å². The number of hydroxylamine groups is 1. The molecule has 2 N–H and O–H groups in total. The Bertz CT molecular complexity index is 1460. The van der Waals surface area contributed by atoms with Gasteiger partial charge in [-0.1, -0.05) is 35.9 Å². The monoisotopic (exact) mass is 549 g/mol. The summed E-state index contributed by atoms with van der Waals surface area (Å²) in [6, 6.07) is 16.4. The Morgan fingerprint density at radius 2 is 1.87 bits per heavy atom. The molecule has 0 unspecified atom stereocenters. The smallest absolute Gasteiger partial charge is 0.258 e. The van der Waals surface area contributed by atoms with Gasteiger partial charge in [-0.25, -0.2) is 4.39 Å². The summed E-state index contributed by atoms with van der Waals surface area (Å²) >= 11 is 6.08. The predicted molar refractivity (Wildman–Crippen MR) is 149 cm³/mol. The zero-order chi connectivity index (χ0) is 27.6.